The second-order valence-corrected chi connectivity index (χ2v) is 6.01. The van der Waals surface area contributed by atoms with E-state index >= 15 is 0 Å². The van der Waals surface area contributed by atoms with E-state index in [9.17, 15) is 4.79 Å². The largest absolute Gasteiger partial charge is 0.473 e. The summed E-state index contributed by atoms with van der Waals surface area (Å²) in [4.78, 5) is 16.5. The molecule has 1 fully saturated rings. The number of pyridine rings is 1. The molecule has 1 saturated heterocycles. The Morgan fingerprint density at radius 3 is 3.18 bits per heavy atom. The van der Waals surface area contributed by atoms with E-state index in [-0.39, 0.29) is 18.6 Å². The second-order valence-electron chi connectivity index (χ2n) is 4.86. The Hall–Kier alpha value is -2.09. The van der Waals surface area contributed by atoms with Gasteiger partial charge in [0, 0.05) is 18.9 Å². The topological polar surface area (TPSA) is 90.1 Å². The highest BCUT2D eigenvalue weighted by Crippen LogP contribution is 2.24. The second kappa shape index (κ2) is 6.78. The van der Waals surface area contributed by atoms with Crippen LogP contribution in [0.1, 0.15) is 28.6 Å². The van der Waals surface area contributed by atoms with Gasteiger partial charge in [0.1, 0.15) is 11.7 Å². The summed E-state index contributed by atoms with van der Waals surface area (Å²) in [5.74, 6) is 2.94. The third-order valence-corrected chi connectivity index (χ3v) is 4.28. The first-order chi connectivity index (χ1) is 10.7. The van der Waals surface area contributed by atoms with E-state index in [4.69, 9.17) is 9.15 Å². The molecule has 1 atom stereocenters. The minimum Gasteiger partial charge on any atom is -0.473 e. The van der Waals surface area contributed by atoms with Crippen LogP contribution in [0.15, 0.2) is 22.7 Å². The standard InChI is InChI=1S/C14H16N4O3S/c1-9-17-18-12(20-9)7-16-13(19)11-3-2-5-15-14(11)21-10-4-6-22-8-10/h2-3,5,10H,4,6-8H2,1H3,(H,16,19). The molecule has 0 spiro atoms. The molecule has 0 bridgehead atoms. The van der Waals surface area contributed by atoms with Crippen molar-refractivity contribution in [2.45, 2.75) is 26.0 Å². The summed E-state index contributed by atoms with van der Waals surface area (Å²) in [7, 11) is 0. The normalized spacial score (nSPS) is 17.4. The summed E-state index contributed by atoms with van der Waals surface area (Å²) in [5.41, 5.74) is 0.413. The maximum atomic E-state index is 12.3. The maximum absolute atomic E-state index is 12.3. The number of carbonyl (C=O) groups excluding carboxylic acids is 1. The lowest BCUT2D eigenvalue weighted by atomic mass is 10.2. The van der Waals surface area contributed by atoms with Crippen molar-refractivity contribution in [3.63, 3.8) is 0 Å². The number of carbonyl (C=O) groups is 1. The molecule has 3 rings (SSSR count). The number of aromatic nitrogens is 3. The Bertz CT molecular complexity index is 655. The van der Waals surface area contributed by atoms with Gasteiger partial charge in [0.05, 0.1) is 6.54 Å². The first-order valence-electron chi connectivity index (χ1n) is 6.99. The van der Waals surface area contributed by atoms with Crippen molar-refractivity contribution in [1.29, 1.82) is 0 Å². The highest BCUT2D eigenvalue weighted by molar-refractivity contribution is 7.99. The van der Waals surface area contributed by atoms with Crippen molar-refractivity contribution >= 4 is 17.7 Å². The summed E-state index contributed by atoms with van der Waals surface area (Å²) >= 11 is 1.84. The molecule has 1 aliphatic rings. The first kappa shape index (κ1) is 14.8. The highest BCUT2D eigenvalue weighted by atomic mass is 32.2. The van der Waals surface area contributed by atoms with Crippen LogP contribution in [0.4, 0.5) is 0 Å². The van der Waals surface area contributed by atoms with Crippen molar-refractivity contribution in [2.24, 2.45) is 0 Å². The number of aryl methyl sites for hydroxylation is 1. The number of thioether (sulfide) groups is 1. The van der Waals surface area contributed by atoms with Gasteiger partial charge in [-0.15, -0.1) is 10.2 Å². The summed E-state index contributed by atoms with van der Waals surface area (Å²) in [6.45, 7) is 1.87. The molecule has 0 aliphatic carbocycles. The molecule has 1 unspecified atom stereocenters. The van der Waals surface area contributed by atoms with Crippen LogP contribution >= 0.6 is 11.8 Å². The third kappa shape index (κ3) is 3.56. The molecule has 8 heteroatoms. The van der Waals surface area contributed by atoms with E-state index in [0.29, 0.717) is 23.2 Å². The van der Waals surface area contributed by atoms with Gasteiger partial charge in [0.2, 0.25) is 17.7 Å². The molecule has 7 nitrogen and oxygen atoms in total. The Morgan fingerprint density at radius 1 is 1.55 bits per heavy atom. The third-order valence-electron chi connectivity index (χ3n) is 3.15. The van der Waals surface area contributed by atoms with Crippen molar-refractivity contribution in [3.05, 3.63) is 35.7 Å². The Morgan fingerprint density at radius 2 is 2.45 bits per heavy atom. The lowest BCUT2D eigenvalue weighted by Crippen LogP contribution is -2.25. The van der Waals surface area contributed by atoms with Crippen molar-refractivity contribution in [3.8, 4) is 5.88 Å². The van der Waals surface area contributed by atoms with Crippen LogP contribution in [0.25, 0.3) is 0 Å². The fourth-order valence-electron chi connectivity index (χ4n) is 2.08. The van der Waals surface area contributed by atoms with E-state index in [1.807, 2.05) is 11.8 Å². The number of hydrogen-bond donors (Lipinski definition) is 1. The molecule has 1 amide bonds. The quantitative estimate of drug-likeness (QED) is 0.894. The van der Waals surface area contributed by atoms with Crippen LogP contribution < -0.4 is 10.1 Å². The van der Waals surface area contributed by atoms with E-state index in [2.05, 4.69) is 20.5 Å². The zero-order chi connectivity index (χ0) is 15.4. The van der Waals surface area contributed by atoms with Crippen molar-refractivity contribution < 1.29 is 13.9 Å². The Kier molecular flexibility index (Phi) is 4.57. The summed E-state index contributed by atoms with van der Waals surface area (Å²) in [5, 5.41) is 10.3. The van der Waals surface area contributed by atoms with Crippen molar-refractivity contribution in [1.82, 2.24) is 20.5 Å². The van der Waals surface area contributed by atoms with E-state index in [1.54, 1.807) is 25.3 Å². The molecule has 1 aliphatic heterocycles. The number of ether oxygens (including phenoxy) is 1. The van der Waals surface area contributed by atoms with Gasteiger partial charge in [-0.1, -0.05) is 0 Å². The molecule has 0 radical (unpaired) electrons. The predicted molar refractivity (Wildman–Crippen MR) is 80.8 cm³/mol. The van der Waals surface area contributed by atoms with Crippen LogP contribution in [0.2, 0.25) is 0 Å². The van der Waals surface area contributed by atoms with E-state index < -0.39 is 0 Å². The first-order valence-corrected chi connectivity index (χ1v) is 8.14. The number of amides is 1. The lowest BCUT2D eigenvalue weighted by Gasteiger charge is -2.14. The van der Waals surface area contributed by atoms with Gasteiger partial charge >= 0.3 is 0 Å². The van der Waals surface area contributed by atoms with Crippen LogP contribution in [0.3, 0.4) is 0 Å². The fourth-order valence-corrected chi connectivity index (χ4v) is 3.18. The van der Waals surface area contributed by atoms with Gasteiger partial charge in [-0.3, -0.25) is 4.79 Å². The number of nitrogens with one attached hydrogen (secondary N) is 1. The molecule has 2 aromatic rings. The zero-order valence-electron chi connectivity index (χ0n) is 12.1. The van der Waals surface area contributed by atoms with Gasteiger partial charge in [0.25, 0.3) is 5.91 Å². The van der Waals surface area contributed by atoms with Gasteiger partial charge in [-0.25, -0.2) is 4.98 Å². The van der Waals surface area contributed by atoms with Gasteiger partial charge < -0.3 is 14.5 Å². The minimum absolute atomic E-state index is 0.116. The fraction of sp³-hybridized carbons (Fsp3) is 0.429. The summed E-state index contributed by atoms with van der Waals surface area (Å²) in [6, 6.07) is 3.40. The van der Waals surface area contributed by atoms with Gasteiger partial charge in [0.15, 0.2) is 0 Å². The maximum Gasteiger partial charge on any atom is 0.257 e. The molecule has 1 N–H and O–H groups in total. The molecule has 116 valence electrons. The van der Waals surface area contributed by atoms with Crippen LogP contribution in [-0.2, 0) is 6.54 Å². The van der Waals surface area contributed by atoms with E-state index in [0.717, 1.165) is 17.9 Å². The van der Waals surface area contributed by atoms with Gasteiger partial charge in [-0.2, -0.15) is 11.8 Å². The average Bonchev–Trinajstić information content (AvgIpc) is 3.17. The molecular weight excluding hydrogens is 304 g/mol. The molecule has 0 saturated carbocycles. The van der Waals surface area contributed by atoms with Crippen LogP contribution in [0, 0.1) is 6.92 Å². The minimum atomic E-state index is -0.274. The molecule has 0 aromatic carbocycles. The number of hydrogen-bond acceptors (Lipinski definition) is 7. The predicted octanol–water partition coefficient (Wildman–Crippen LogP) is 1.59. The lowest BCUT2D eigenvalue weighted by molar-refractivity contribution is 0.0939. The highest BCUT2D eigenvalue weighted by Gasteiger charge is 2.21. The SMILES string of the molecule is Cc1nnc(CNC(=O)c2cccnc2OC2CCSC2)o1. The van der Waals surface area contributed by atoms with Crippen molar-refractivity contribution in [2.75, 3.05) is 11.5 Å². The summed E-state index contributed by atoms with van der Waals surface area (Å²) in [6.07, 6.45) is 2.71. The molecule has 3 heterocycles. The molecule has 2 aromatic heterocycles. The smallest absolute Gasteiger partial charge is 0.257 e. The number of nitrogens with zero attached hydrogens (tertiary/aromatic N) is 3. The van der Waals surface area contributed by atoms with Crippen LogP contribution in [0.5, 0.6) is 5.88 Å². The molecule has 22 heavy (non-hydrogen) atoms. The Balaban J connectivity index is 1.66. The van der Waals surface area contributed by atoms with E-state index in [1.165, 1.54) is 0 Å². The monoisotopic (exact) mass is 320 g/mol. The summed E-state index contributed by atoms with van der Waals surface area (Å²) < 4.78 is 11.1. The van der Waals surface area contributed by atoms with Gasteiger partial charge in [-0.05, 0) is 24.3 Å². The number of rotatable bonds is 5. The zero-order valence-corrected chi connectivity index (χ0v) is 12.9. The van der Waals surface area contributed by atoms with Crippen LogP contribution in [-0.4, -0.2) is 38.7 Å². The Labute approximate surface area is 131 Å². The molecular formula is C14H16N4O3S. The average molecular weight is 320 g/mol.